The normalized spacial score (nSPS) is 14.2. The van der Waals surface area contributed by atoms with Gasteiger partial charge < -0.3 is 29.7 Å². The summed E-state index contributed by atoms with van der Waals surface area (Å²) in [6.07, 6.45) is 3.05. The van der Waals surface area contributed by atoms with Gasteiger partial charge in [0.15, 0.2) is 0 Å². The maximum absolute atomic E-state index is 8.98. The van der Waals surface area contributed by atoms with Gasteiger partial charge in [-0.2, -0.15) is 4.98 Å². The average Bonchev–Trinajstić information content (AvgIpc) is 2.86. The van der Waals surface area contributed by atoms with Crippen LogP contribution in [0, 0.1) is 0 Å². The first-order valence-electron chi connectivity index (χ1n) is 11.3. The maximum Gasteiger partial charge on any atom is 0.243 e. The fourth-order valence-electron chi connectivity index (χ4n) is 3.77. The van der Waals surface area contributed by atoms with Gasteiger partial charge in [-0.05, 0) is 49.7 Å². The van der Waals surface area contributed by atoms with Crippen molar-refractivity contribution in [3.63, 3.8) is 0 Å². The first kappa shape index (κ1) is 24.1. The molecule has 0 amide bonds. The maximum atomic E-state index is 8.98. The summed E-state index contributed by atoms with van der Waals surface area (Å²) in [5, 5.41) is 12.5. The van der Waals surface area contributed by atoms with Crippen LogP contribution in [0.5, 0.6) is 17.4 Å². The first-order valence-corrected chi connectivity index (χ1v) is 11.7. The Morgan fingerprint density at radius 3 is 2.56 bits per heavy atom. The van der Waals surface area contributed by atoms with Gasteiger partial charge in [0.05, 0.1) is 19.0 Å². The smallest absolute Gasteiger partial charge is 0.243 e. The van der Waals surface area contributed by atoms with E-state index in [1.165, 1.54) is 6.20 Å². The van der Waals surface area contributed by atoms with Gasteiger partial charge in [0.1, 0.15) is 16.5 Å². The Kier molecular flexibility index (Phi) is 8.05. The van der Waals surface area contributed by atoms with Crippen LogP contribution >= 0.6 is 11.6 Å². The minimum atomic E-state index is 0.175. The number of hydrogen-bond acceptors (Lipinski definition) is 8. The van der Waals surface area contributed by atoms with Crippen molar-refractivity contribution < 1.29 is 14.6 Å². The number of anilines is 3. The number of rotatable bonds is 9. The van der Waals surface area contributed by atoms with E-state index < -0.39 is 0 Å². The van der Waals surface area contributed by atoms with Crippen LogP contribution in [-0.2, 0) is 6.42 Å². The Morgan fingerprint density at radius 1 is 1.09 bits per heavy atom. The highest BCUT2D eigenvalue weighted by atomic mass is 35.5. The molecule has 4 rings (SSSR count). The Labute approximate surface area is 205 Å². The predicted molar refractivity (Wildman–Crippen MR) is 135 cm³/mol. The molecule has 0 atom stereocenters. The van der Waals surface area contributed by atoms with E-state index in [1.807, 2.05) is 36.4 Å². The van der Waals surface area contributed by atoms with Crippen LogP contribution in [0.25, 0.3) is 0 Å². The largest absolute Gasteiger partial charge is 0.494 e. The summed E-state index contributed by atoms with van der Waals surface area (Å²) in [5.41, 5.74) is 3.01. The van der Waals surface area contributed by atoms with E-state index in [0.29, 0.717) is 22.5 Å². The topological polar surface area (TPSA) is 83.0 Å². The standard InChI is InChI=1S/C25H30ClN5O3/c1-30-11-13-31(14-12-30)19-7-10-22(23(16-19)33-2)28-25-27-17-21(26)24(29-25)34-20-8-5-18(6-9-20)4-3-15-32/h5-10,16-17,32H,3-4,11-15H2,1-2H3,(H,27,28,29). The third-order valence-corrected chi connectivity index (χ3v) is 6.03. The number of aryl methyl sites for hydroxylation is 1. The van der Waals surface area contributed by atoms with Gasteiger partial charge in [0, 0.05) is 44.5 Å². The summed E-state index contributed by atoms with van der Waals surface area (Å²) < 4.78 is 11.5. The quantitative estimate of drug-likeness (QED) is 0.464. The molecule has 0 unspecified atom stereocenters. The number of aliphatic hydroxyl groups excluding tert-OH is 1. The number of aliphatic hydroxyl groups is 1. The Bertz CT molecular complexity index is 1090. The zero-order valence-corrected chi connectivity index (χ0v) is 20.3. The molecule has 2 N–H and O–H groups in total. The number of piperazine rings is 1. The summed E-state index contributed by atoms with van der Waals surface area (Å²) in [7, 11) is 3.79. The van der Waals surface area contributed by atoms with E-state index in [1.54, 1.807) is 7.11 Å². The van der Waals surface area contributed by atoms with Crippen LogP contribution in [0.3, 0.4) is 0 Å². The molecule has 1 saturated heterocycles. The molecule has 0 aliphatic carbocycles. The third-order valence-electron chi connectivity index (χ3n) is 5.77. The highest BCUT2D eigenvalue weighted by Gasteiger charge is 2.17. The van der Waals surface area contributed by atoms with Crippen LogP contribution in [0.15, 0.2) is 48.7 Å². The van der Waals surface area contributed by atoms with Gasteiger partial charge in [-0.25, -0.2) is 4.98 Å². The zero-order chi connectivity index (χ0) is 23.9. The average molecular weight is 484 g/mol. The Balaban J connectivity index is 1.47. The highest BCUT2D eigenvalue weighted by molar-refractivity contribution is 6.31. The van der Waals surface area contributed by atoms with E-state index in [-0.39, 0.29) is 12.5 Å². The van der Waals surface area contributed by atoms with Gasteiger partial charge in [0.2, 0.25) is 11.8 Å². The molecule has 1 aliphatic heterocycles. The molecule has 0 spiro atoms. The van der Waals surface area contributed by atoms with E-state index >= 15 is 0 Å². The highest BCUT2D eigenvalue weighted by Crippen LogP contribution is 2.33. The molecular formula is C25H30ClN5O3. The number of benzene rings is 2. The lowest BCUT2D eigenvalue weighted by Gasteiger charge is -2.34. The van der Waals surface area contributed by atoms with Crippen LogP contribution < -0.4 is 19.7 Å². The fourth-order valence-corrected chi connectivity index (χ4v) is 3.90. The number of nitrogens with one attached hydrogen (secondary N) is 1. The summed E-state index contributed by atoms with van der Waals surface area (Å²) in [5.74, 6) is 1.93. The molecule has 0 bridgehead atoms. The third kappa shape index (κ3) is 6.08. The van der Waals surface area contributed by atoms with Crippen molar-refractivity contribution in [2.45, 2.75) is 12.8 Å². The van der Waals surface area contributed by atoms with Gasteiger partial charge in [-0.15, -0.1) is 0 Å². The minimum Gasteiger partial charge on any atom is -0.494 e. The number of nitrogens with zero attached hydrogens (tertiary/aromatic N) is 4. The van der Waals surface area contributed by atoms with Gasteiger partial charge >= 0.3 is 0 Å². The molecule has 1 fully saturated rings. The van der Waals surface area contributed by atoms with Crippen molar-refractivity contribution >= 4 is 28.9 Å². The second kappa shape index (κ2) is 11.4. The molecule has 1 aliphatic rings. The monoisotopic (exact) mass is 483 g/mol. The number of aromatic nitrogens is 2. The number of halogens is 1. The van der Waals surface area contributed by atoms with E-state index in [0.717, 1.165) is 56.0 Å². The number of methoxy groups -OCH3 is 1. The first-order chi connectivity index (χ1) is 16.6. The number of hydrogen-bond donors (Lipinski definition) is 2. The van der Waals surface area contributed by atoms with E-state index in [4.69, 9.17) is 26.2 Å². The van der Waals surface area contributed by atoms with Gasteiger partial charge in [0.25, 0.3) is 0 Å². The molecule has 0 radical (unpaired) electrons. The van der Waals surface area contributed by atoms with Crippen molar-refractivity contribution in [3.8, 4) is 17.4 Å². The van der Waals surface area contributed by atoms with Crippen molar-refractivity contribution in [3.05, 3.63) is 59.2 Å². The van der Waals surface area contributed by atoms with Crippen molar-refractivity contribution in [2.75, 3.05) is 57.2 Å². The lowest BCUT2D eigenvalue weighted by molar-refractivity contribution is 0.288. The molecule has 3 aromatic rings. The molecule has 1 aromatic heterocycles. The molecule has 34 heavy (non-hydrogen) atoms. The zero-order valence-electron chi connectivity index (χ0n) is 19.5. The predicted octanol–water partition coefficient (Wildman–Crippen LogP) is 4.35. The lowest BCUT2D eigenvalue weighted by Crippen LogP contribution is -2.44. The van der Waals surface area contributed by atoms with E-state index in [9.17, 15) is 0 Å². The summed E-state index contributed by atoms with van der Waals surface area (Å²) in [6, 6.07) is 13.7. The van der Waals surface area contributed by atoms with Crippen molar-refractivity contribution in [1.29, 1.82) is 0 Å². The van der Waals surface area contributed by atoms with Crippen molar-refractivity contribution in [1.82, 2.24) is 14.9 Å². The summed E-state index contributed by atoms with van der Waals surface area (Å²) in [6.45, 7) is 4.21. The molecule has 2 heterocycles. The second-order valence-electron chi connectivity index (χ2n) is 8.22. The molecular weight excluding hydrogens is 454 g/mol. The molecule has 8 nitrogen and oxygen atoms in total. The van der Waals surface area contributed by atoms with Gasteiger partial charge in [-0.3, -0.25) is 0 Å². The van der Waals surface area contributed by atoms with E-state index in [2.05, 4.69) is 38.2 Å². The molecule has 9 heteroatoms. The van der Waals surface area contributed by atoms with Crippen LogP contribution in [0.1, 0.15) is 12.0 Å². The molecule has 2 aromatic carbocycles. The Morgan fingerprint density at radius 2 is 1.85 bits per heavy atom. The Hall–Kier alpha value is -3.07. The van der Waals surface area contributed by atoms with Crippen LogP contribution in [0.2, 0.25) is 5.02 Å². The lowest BCUT2D eigenvalue weighted by atomic mass is 10.1. The molecule has 0 saturated carbocycles. The second-order valence-corrected chi connectivity index (χ2v) is 8.63. The van der Waals surface area contributed by atoms with Crippen molar-refractivity contribution in [2.24, 2.45) is 0 Å². The summed E-state index contributed by atoms with van der Waals surface area (Å²) in [4.78, 5) is 13.4. The van der Waals surface area contributed by atoms with Gasteiger partial charge in [-0.1, -0.05) is 23.7 Å². The molecule has 180 valence electrons. The number of likely N-dealkylation sites (N-methyl/N-ethyl adjacent to an activating group) is 1. The SMILES string of the molecule is COc1cc(N2CCN(C)CC2)ccc1Nc1ncc(Cl)c(Oc2ccc(CCCO)cc2)n1. The van der Waals surface area contributed by atoms with Crippen LogP contribution in [-0.4, -0.2) is 66.9 Å². The van der Waals surface area contributed by atoms with Crippen LogP contribution in [0.4, 0.5) is 17.3 Å². The number of ether oxygens (including phenoxy) is 2. The summed E-state index contributed by atoms with van der Waals surface area (Å²) >= 11 is 6.29. The minimum absolute atomic E-state index is 0.175. The fraction of sp³-hybridized carbons (Fsp3) is 0.360.